The third-order valence-corrected chi connectivity index (χ3v) is 3.13. The van der Waals surface area contributed by atoms with Crippen molar-refractivity contribution < 1.29 is 0 Å². The molecule has 0 aliphatic heterocycles. The predicted octanol–water partition coefficient (Wildman–Crippen LogP) is 2.44. The highest BCUT2D eigenvalue weighted by atomic mass is 35.5. The van der Waals surface area contributed by atoms with Crippen molar-refractivity contribution in [3.63, 3.8) is 0 Å². The van der Waals surface area contributed by atoms with Crippen LogP contribution in [0.4, 0.5) is 5.95 Å². The van der Waals surface area contributed by atoms with E-state index in [-0.39, 0.29) is 5.95 Å². The number of thioether (sulfide) groups is 1. The van der Waals surface area contributed by atoms with Gasteiger partial charge in [-0.15, -0.1) is 11.8 Å². The highest BCUT2D eigenvalue weighted by molar-refractivity contribution is 7.99. The lowest BCUT2D eigenvalue weighted by molar-refractivity contribution is 1.03. The number of nitrogen functional groups attached to an aromatic ring is 1. The van der Waals surface area contributed by atoms with E-state index in [9.17, 15) is 0 Å². The molecule has 0 fully saturated rings. The molecule has 88 valence electrons. The molecule has 2 aromatic heterocycles. The van der Waals surface area contributed by atoms with E-state index in [1.165, 1.54) is 0 Å². The highest BCUT2D eigenvalue weighted by Crippen LogP contribution is 2.20. The number of halogens is 1. The maximum absolute atomic E-state index is 5.79. The van der Waals surface area contributed by atoms with E-state index < -0.39 is 0 Å². The van der Waals surface area contributed by atoms with E-state index in [2.05, 4.69) is 15.0 Å². The molecule has 0 aliphatic carbocycles. The van der Waals surface area contributed by atoms with Gasteiger partial charge in [0.2, 0.25) is 5.95 Å². The van der Waals surface area contributed by atoms with E-state index in [1.54, 1.807) is 24.0 Å². The first-order valence-corrected chi connectivity index (χ1v) is 6.43. The Kier molecular flexibility index (Phi) is 4.17. The summed E-state index contributed by atoms with van der Waals surface area (Å²) in [6.07, 6.45) is 2.67. The molecule has 17 heavy (non-hydrogen) atoms. The average molecular weight is 267 g/mol. The van der Waals surface area contributed by atoms with Gasteiger partial charge in [-0.05, 0) is 18.6 Å². The summed E-state index contributed by atoms with van der Waals surface area (Å²) in [7, 11) is 0. The number of nitrogens with two attached hydrogens (primary N) is 1. The fraction of sp³-hybridized carbons (Fsp3) is 0.182. The standard InChI is InChI=1S/C11H11ClN4S/c12-9-7-10(16-11(13)15-9)17-6-4-8-3-1-2-5-14-8/h1-3,5,7H,4,6H2,(H2,13,15,16). The van der Waals surface area contributed by atoms with Gasteiger partial charge in [-0.1, -0.05) is 17.7 Å². The Morgan fingerprint density at radius 3 is 2.88 bits per heavy atom. The normalized spacial score (nSPS) is 10.4. The average Bonchev–Trinajstić information content (AvgIpc) is 2.29. The van der Waals surface area contributed by atoms with Crippen LogP contribution in [0.3, 0.4) is 0 Å². The van der Waals surface area contributed by atoms with Crippen molar-refractivity contribution in [2.24, 2.45) is 0 Å². The maximum Gasteiger partial charge on any atom is 0.222 e. The minimum atomic E-state index is 0.206. The van der Waals surface area contributed by atoms with Crippen LogP contribution in [-0.2, 0) is 6.42 Å². The second kappa shape index (κ2) is 5.84. The first-order valence-electron chi connectivity index (χ1n) is 5.07. The first-order chi connectivity index (χ1) is 8.24. The van der Waals surface area contributed by atoms with Crippen LogP contribution in [0.25, 0.3) is 0 Å². The van der Waals surface area contributed by atoms with Crippen molar-refractivity contribution in [1.29, 1.82) is 0 Å². The van der Waals surface area contributed by atoms with Crippen LogP contribution in [0.5, 0.6) is 0 Å². The molecule has 6 heteroatoms. The maximum atomic E-state index is 5.79. The molecule has 0 radical (unpaired) electrons. The van der Waals surface area contributed by atoms with Crippen LogP contribution in [0.1, 0.15) is 5.69 Å². The van der Waals surface area contributed by atoms with E-state index in [1.807, 2.05) is 18.2 Å². The van der Waals surface area contributed by atoms with Gasteiger partial charge in [0.05, 0.1) is 0 Å². The SMILES string of the molecule is Nc1nc(Cl)cc(SCCc2ccccn2)n1. The Morgan fingerprint density at radius 1 is 1.29 bits per heavy atom. The van der Waals surface area contributed by atoms with Gasteiger partial charge in [0, 0.05) is 23.7 Å². The molecule has 2 heterocycles. The number of aryl methyl sites for hydroxylation is 1. The Bertz CT molecular complexity index is 472. The molecule has 0 saturated heterocycles. The molecule has 2 rings (SSSR count). The summed E-state index contributed by atoms with van der Waals surface area (Å²) < 4.78 is 0. The lowest BCUT2D eigenvalue weighted by Crippen LogP contribution is -1.97. The van der Waals surface area contributed by atoms with Crippen LogP contribution in [0, 0.1) is 0 Å². The van der Waals surface area contributed by atoms with Gasteiger partial charge in [0.15, 0.2) is 0 Å². The molecular formula is C11H11ClN4S. The Labute approximate surface area is 109 Å². The molecule has 2 aromatic rings. The summed E-state index contributed by atoms with van der Waals surface area (Å²) in [5.74, 6) is 1.09. The van der Waals surface area contributed by atoms with E-state index in [0.717, 1.165) is 22.9 Å². The number of rotatable bonds is 4. The van der Waals surface area contributed by atoms with Crippen LogP contribution in [0.15, 0.2) is 35.5 Å². The molecule has 0 unspecified atom stereocenters. The van der Waals surface area contributed by atoms with Crippen molar-refractivity contribution >= 4 is 29.3 Å². The second-order valence-electron chi connectivity index (χ2n) is 3.31. The minimum Gasteiger partial charge on any atom is -0.368 e. The van der Waals surface area contributed by atoms with Crippen molar-refractivity contribution in [3.8, 4) is 0 Å². The zero-order valence-electron chi connectivity index (χ0n) is 9.01. The third-order valence-electron chi connectivity index (χ3n) is 2.02. The molecule has 2 N–H and O–H groups in total. The van der Waals surface area contributed by atoms with E-state index >= 15 is 0 Å². The van der Waals surface area contributed by atoms with E-state index in [0.29, 0.717) is 5.15 Å². The first kappa shape index (κ1) is 12.1. The molecule has 0 aromatic carbocycles. The van der Waals surface area contributed by atoms with Crippen molar-refractivity contribution in [2.75, 3.05) is 11.5 Å². The van der Waals surface area contributed by atoms with Crippen LogP contribution >= 0.6 is 23.4 Å². The molecule has 0 amide bonds. The zero-order chi connectivity index (χ0) is 12.1. The molecular weight excluding hydrogens is 256 g/mol. The minimum absolute atomic E-state index is 0.206. The van der Waals surface area contributed by atoms with Gasteiger partial charge in [0.1, 0.15) is 10.2 Å². The van der Waals surface area contributed by atoms with E-state index in [4.69, 9.17) is 17.3 Å². The fourth-order valence-corrected chi connectivity index (χ4v) is 2.42. The predicted molar refractivity (Wildman–Crippen MR) is 70.1 cm³/mol. The van der Waals surface area contributed by atoms with Crippen LogP contribution in [0.2, 0.25) is 5.15 Å². The molecule has 0 bridgehead atoms. The van der Waals surface area contributed by atoms with Gasteiger partial charge < -0.3 is 5.73 Å². The largest absolute Gasteiger partial charge is 0.368 e. The Hall–Kier alpha value is -1.33. The zero-order valence-corrected chi connectivity index (χ0v) is 10.6. The number of nitrogens with zero attached hydrogens (tertiary/aromatic N) is 3. The molecule has 0 aliphatic rings. The van der Waals surface area contributed by atoms with Gasteiger partial charge in [-0.3, -0.25) is 4.98 Å². The number of hydrogen-bond donors (Lipinski definition) is 1. The fourth-order valence-electron chi connectivity index (χ4n) is 1.29. The summed E-state index contributed by atoms with van der Waals surface area (Å²) in [6, 6.07) is 7.59. The summed E-state index contributed by atoms with van der Waals surface area (Å²) in [5, 5.41) is 1.16. The summed E-state index contributed by atoms with van der Waals surface area (Å²) in [6.45, 7) is 0. The second-order valence-corrected chi connectivity index (χ2v) is 4.81. The lowest BCUT2D eigenvalue weighted by atomic mass is 10.3. The lowest BCUT2D eigenvalue weighted by Gasteiger charge is -2.02. The molecule has 0 saturated carbocycles. The van der Waals surface area contributed by atoms with Gasteiger partial charge >= 0.3 is 0 Å². The van der Waals surface area contributed by atoms with Gasteiger partial charge in [0.25, 0.3) is 0 Å². The van der Waals surface area contributed by atoms with Crippen molar-refractivity contribution in [1.82, 2.24) is 15.0 Å². The van der Waals surface area contributed by atoms with Crippen LogP contribution < -0.4 is 5.73 Å². The highest BCUT2D eigenvalue weighted by Gasteiger charge is 2.02. The number of anilines is 1. The summed E-state index contributed by atoms with van der Waals surface area (Å²) >= 11 is 7.38. The smallest absolute Gasteiger partial charge is 0.222 e. The molecule has 4 nitrogen and oxygen atoms in total. The molecule has 0 atom stereocenters. The van der Waals surface area contributed by atoms with Gasteiger partial charge in [-0.2, -0.15) is 0 Å². The summed E-state index contributed by atoms with van der Waals surface area (Å²) in [4.78, 5) is 12.1. The number of aromatic nitrogens is 3. The quantitative estimate of drug-likeness (QED) is 0.680. The third kappa shape index (κ3) is 3.87. The monoisotopic (exact) mass is 266 g/mol. The van der Waals surface area contributed by atoms with Crippen molar-refractivity contribution in [3.05, 3.63) is 41.3 Å². The topological polar surface area (TPSA) is 64.7 Å². The molecule has 0 spiro atoms. The summed E-state index contributed by atoms with van der Waals surface area (Å²) in [5.41, 5.74) is 6.57. The number of pyridine rings is 1. The Balaban J connectivity index is 1.90. The van der Waals surface area contributed by atoms with Crippen LogP contribution in [-0.4, -0.2) is 20.7 Å². The van der Waals surface area contributed by atoms with Crippen molar-refractivity contribution in [2.45, 2.75) is 11.4 Å². The Morgan fingerprint density at radius 2 is 2.18 bits per heavy atom. The number of hydrogen-bond acceptors (Lipinski definition) is 5. The van der Waals surface area contributed by atoms with Gasteiger partial charge in [-0.25, -0.2) is 9.97 Å².